The van der Waals surface area contributed by atoms with Crippen LogP contribution in [0.1, 0.15) is 30.9 Å². The predicted octanol–water partition coefficient (Wildman–Crippen LogP) is 2.94. The molecule has 0 aliphatic rings. The third kappa shape index (κ3) is 3.01. The van der Waals surface area contributed by atoms with Crippen molar-refractivity contribution >= 4 is 0 Å². The Labute approximate surface area is 91.9 Å². The van der Waals surface area contributed by atoms with E-state index >= 15 is 0 Å². The van der Waals surface area contributed by atoms with E-state index in [1.165, 1.54) is 0 Å². The molecule has 0 fully saturated rings. The number of unbranched alkanes of at least 4 members (excludes halogenated alkanes) is 1. The van der Waals surface area contributed by atoms with Gasteiger partial charge in [-0.2, -0.15) is 0 Å². The number of hydrogen-bond acceptors (Lipinski definition) is 1. The molecule has 0 spiro atoms. The lowest BCUT2D eigenvalue weighted by atomic mass is 10.0. The first kappa shape index (κ1) is 12.6. The summed E-state index contributed by atoms with van der Waals surface area (Å²) < 4.78 is 38.6. The Kier molecular flexibility index (Phi) is 4.39. The van der Waals surface area contributed by atoms with Crippen LogP contribution in [0.5, 0.6) is 0 Å². The first-order valence-electron chi connectivity index (χ1n) is 4.82. The molecule has 4 heteroatoms. The number of rotatable bonds is 4. The van der Waals surface area contributed by atoms with Gasteiger partial charge in [-0.1, -0.05) is 0 Å². The Balaban J connectivity index is 2.79. The van der Waals surface area contributed by atoms with E-state index in [4.69, 9.17) is 6.42 Å². The van der Waals surface area contributed by atoms with Crippen LogP contribution in [0.3, 0.4) is 0 Å². The summed E-state index contributed by atoms with van der Waals surface area (Å²) in [7, 11) is 0. The maximum absolute atomic E-state index is 13.2. The van der Waals surface area contributed by atoms with Crippen molar-refractivity contribution in [3.05, 3.63) is 35.1 Å². The quantitative estimate of drug-likeness (QED) is 0.477. The van der Waals surface area contributed by atoms with Crippen LogP contribution >= 0.6 is 0 Å². The van der Waals surface area contributed by atoms with Crippen molar-refractivity contribution < 1.29 is 18.3 Å². The number of benzene rings is 1. The number of aliphatic hydroxyl groups excluding tert-OH is 1. The van der Waals surface area contributed by atoms with Crippen LogP contribution < -0.4 is 0 Å². The van der Waals surface area contributed by atoms with Crippen molar-refractivity contribution in [1.29, 1.82) is 0 Å². The summed E-state index contributed by atoms with van der Waals surface area (Å²) in [5.41, 5.74) is -0.240. The standard InChI is InChI=1S/C12H11F3O/c1-2-3-4-5-12(16)8-6-10(14)11(15)7-9(8)13/h1,6-7,12,16H,3-5H2. The van der Waals surface area contributed by atoms with Crippen molar-refractivity contribution in [2.75, 3.05) is 0 Å². The van der Waals surface area contributed by atoms with E-state index in [0.717, 1.165) is 0 Å². The van der Waals surface area contributed by atoms with Crippen LogP contribution in [0.15, 0.2) is 12.1 Å². The van der Waals surface area contributed by atoms with Crippen LogP contribution in [-0.4, -0.2) is 5.11 Å². The highest BCUT2D eigenvalue weighted by Crippen LogP contribution is 2.24. The SMILES string of the molecule is C#CCCCC(O)c1cc(F)c(F)cc1F. The second-order valence-electron chi connectivity index (χ2n) is 3.40. The lowest BCUT2D eigenvalue weighted by Crippen LogP contribution is -2.03. The average Bonchev–Trinajstić information content (AvgIpc) is 2.23. The maximum Gasteiger partial charge on any atom is 0.161 e. The molecule has 0 bridgehead atoms. The normalized spacial score (nSPS) is 12.2. The molecular formula is C12H11F3O. The zero-order chi connectivity index (χ0) is 12.1. The van der Waals surface area contributed by atoms with E-state index < -0.39 is 23.6 Å². The molecule has 0 radical (unpaired) electrons. The van der Waals surface area contributed by atoms with Gasteiger partial charge >= 0.3 is 0 Å². The van der Waals surface area contributed by atoms with Gasteiger partial charge in [0.15, 0.2) is 11.6 Å². The molecule has 86 valence electrons. The highest BCUT2D eigenvalue weighted by molar-refractivity contribution is 5.22. The fourth-order valence-corrected chi connectivity index (χ4v) is 1.35. The molecule has 0 saturated heterocycles. The van der Waals surface area contributed by atoms with Crippen molar-refractivity contribution in [3.8, 4) is 12.3 Å². The molecule has 0 saturated carbocycles. The third-order valence-corrected chi connectivity index (χ3v) is 2.20. The molecule has 0 amide bonds. The van der Waals surface area contributed by atoms with Gasteiger partial charge in [-0.05, 0) is 18.9 Å². The zero-order valence-electron chi connectivity index (χ0n) is 8.51. The number of halogens is 3. The molecule has 1 aromatic rings. The van der Waals surface area contributed by atoms with E-state index in [9.17, 15) is 18.3 Å². The van der Waals surface area contributed by atoms with Gasteiger partial charge in [0.1, 0.15) is 5.82 Å². The molecule has 0 aliphatic carbocycles. The number of hydrogen-bond donors (Lipinski definition) is 1. The maximum atomic E-state index is 13.2. The minimum Gasteiger partial charge on any atom is -0.388 e. The lowest BCUT2D eigenvalue weighted by Gasteiger charge is -2.11. The third-order valence-electron chi connectivity index (χ3n) is 2.20. The van der Waals surface area contributed by atoms with Crippen LogP contribution in [0, 0.1) is 29.8 Å². The number of terminal acetylenes is 1. The van der Waals surface area contributed by atoms with Crippen LogP contribution in [-0.2, 0) is 0 Å². The lowest BCUT2D eigenvalue weighted by molar-refractivity contribution is 0.160. The average molecular weight is 228 g/mol. The van der Waals surface area contributed by atoms with E-state index in [2.05, 4.69) is 5.92 Å². The fourth-order valence-electron chi connectivity index (χ4n) is 1.35. The minimum atomic E-state index is -1.27. The second kappa shape index (κ2) is 5.57. The Morgan fingerprint density at radius 3 is 2.44 bits per heavy atom. The summed E-state index contributed by atoms with van der Waals surface area (Å²) >= 11 is 0. The largest absolute Gasteiger partial charge is 0.388 e. The first-order valence-corrected chi connectivity index (χ1v) is 4.82. The molecule has 0 aromatic heterocycles. The fraction of sp³-hybridized carbons (Fsp3) is 0.333. The molecule has 1 atom stereocenters. The predicted molar refractivity (Wildman–Crippen MR) is 54.0 cm³/mol. The molecule has 0 aliphatic heterocycles. The summed E-state index contributed by atoms with van der Waals surface area (Å²) in [4.78, 5) is 0. The molecular weight excluding hydrogens is 217 g/mol. The van der Waals surface area contributed by atoms with Crippen molar-refractivity contribution in [2.24, 2.45) is 0 Å². The van der Waals surface area contributed by atoms with Gasteiger partial charge in [-0.15, -0.1) is 12.3 Å². The summed E-state index contributed by atoms with van der Waals surface area (Å²) in [6.45, 7) is 0. The molecule has 1 N–H and O–H groups in total. The van der Waals surface area contributed by atoms with Gasteiger partial charge in [0.05, 0.1) is 6.10 Å². The molecule has 0 heterocycles. The van der Waals surface area contributed by atoms with E-state index in [1.54, 1.807) is 0 Å². The topological polar surface area (TPSA) is 20.2 Å². The van der Waals surface area contributed by atoms with Crippen molar-refractivity contribution in [2.45, 2.75) is 25.4 Å². The van der Waals surface area contributed by atoms with E-state index in [0.29, 0.717) is 25.0 Å². The van der Waals surface area contributed by atoms with Crippen LogP contribution in [0.4, 0.5) is 13.2 Å². The first-order chi connectivity index (χ1) is 7.56. The van der Waals surface area contributed by atoms with Crippen molar-refractivity contribution in [3.63, 3.8) is 0 Å². The smallest absolute Gasteiger partial charge is 0.161 e. The van der Waals surface area contributed by atoms with Gasteiger partial charge in [0.25, 0.3) is 0 Å². The molecule has 1 nitrogen and oxygen atoms in total. The molecule has 1 aromatic carbocycles. The molecule has 16 heavy (non-hydrogen) atoms. The molecule has 1 rings (SSSR count). The second-order valence-corrected chi connectivity index (χ2v) is 3.40. The highest BCUT2D eigenvalue weighted by atomic mass is 19.2. The van der Waals surface area contributed by atoms with Gasteiger partial charge in [-0.25, -0.2) is 13.2 Å². The Morgan fingerprint density at radius 2 is 1.81 bits per heavy atom. The molecule has 1 unspecified atom stereocenters. The Hall–Kier alpha value is -1.47. The summed E-state index contributed by atoms with van der Waals surface area (Å²) in [6.07, 6.45) is 5.01. The van der Waals surface area contributed by atoms with Crippen molar-refractivity contribution in [1.82, 2.24) is 0 Å². The van der Waals surface area contributed by atoms with E-state index in [-0.39, 0.29) is 12.0 Å². The highest BCUT2D eigenvalue weighted by Gasteiger charge is 2.16. The Bertz CT molecular complexity index is 409. The summed E-state index contributed by atoms with van der Waals surface area (Å²) in [5.74, 6) is -1.02. The zero-order valence-corrected chi connectivity index (χ0v) is 8.51. The summed E-state index contributed by atoms with van der Waals surface area (Å²) in [6, 6.07) is 1.10. The van der Waals surface area contributed by atoms with Crippen LogP contribution in [0.2, 0.25) is 0 Å². The summed E-state index contributed by atoms with van der Waals surface area (Å²) in [5, 5.41) is 9.55. The van der Waals surface area contributed by atoms with Gasteiger partial charge < -0.3 is 5.11 Å². The van der Waals surface area contributed by atoms with Gasteiger partial charge in [0.2, 0.25) is 0 Å². The Morgan fingerprint density at radius 1 is 1.19 bits per heavy atom. The van der Waals surface area contributed by atoms with Crippen LogP contribution in [0.25, 0.3) is 0 Å². The van der Waals surface area contributed by atoms with E-state index in [1.807, 2.05) is 0 Å². The monoisotopic (exact) mass is 228 g/mol. The number of aliphatic hydroxyl groups is 1. The van der Waals surface area contributed by atoms with Gasteiger partial charge in [0, 0.05) is 18.1 Å². The van der Waals surface area contributed by atoms with Gasteiger partial charge in [-0.3, -0.25) is 0 Å². The minimum absolute atomic E-state index is 0.214.